The quantitative estimate of drug-likeness (QED) is 0.877. The summed E-state index contributed by atoms with van der Waals surface area (Å²) in [5, 5.41) is 10.3. The summed E-state index contributed by atoms with van der Waals surface area (Å²) in [6, 6.07) is 8.74. The van der Waals surface area contributed by atoms with Gasteiger partial charge in [-0.15, -0.1) is 0 Å². The van der Waals surface area contributed by atoms with Crippen molar-refractivity contribution < 1.29 is 4.79 Å². The zero-order valence-corrected chi connectivity index (χ0v) is 14.6. The first kappa shape index (κ1) is 15.9. The number of likely N-dealkylation sites (N-methyl/N-ethyl adjacent to an activating group) is 1. The minimum Gasteiger partial charge on any atom is -0.361 e. The first-order valence-corrected chi connectivity index (χ1v) is 8.81. The van der Waals surface area contributed by atoms with Gasteiger partial charge in [0.15, 0.2) is 0 Å². The van der Waals surface area contributed by atoms with Gasteiger partial charge in [0.25, 0.3) is 0 Å². The van der Waals surface area contributed by atoms with Crippen LogP contribution in [0, 0.1) is 17.2 Å². The molecule has 0 bridgehead atoms. The fourth-order valence-electron chi connectivity index (χ4n) is 4.27. The van der Waals surface area contributed by atoms with Crippen molar-refractivity contribution in [3.63, 3.8) is 0 Å². The van der Waals surface area contributed by atoms with Crippen molar-refractivity contribution in [1.29, 1.82) is 5.26 Å². The molecule has 1 aromatic heterocycles. The van der Waals surface area contributed by atoms with Gasteiger partial charge in [0, 0.05) is 36.2 Å². The lowest BCUT2D eigenvalue weighted by Gasteiger charge is -2.40. The van der Waals surface area contributed by atoms with Gasteiger partial charge in [-0.1, -0.05) is 18.2 Å². The molecule has 1 amide bonds. The molecule has 2 atom stereocenters. The molecule has 0 spiro atoms. The molecular weight excluding hydrogens is 312 g/mol. The summed E-state index contributed by atoms with van der Waals surface area (Å²) in [6.07, 6.45) is 5.23. The number of aromatic amines is 1. The van der Waals surface area contributed by atoms with Crippen LogP contribution < -0.4 is 0 Å². The van der Waals surface area contributed by atoms with Crippen LogP contribution in [0.15, 0.2) is 30.5 Å². The zero-order chi connectivity index (χ0) is 17.6. The number of hydrogen-bond donors (Lipinski definition) is 1. The van der Waals surface area contributed by atoms with Gasteiger partial charge >= 0.3 is 0 Å². The van der Waals surface area contributed by atoms with Crippen LogP contribution >= 0.6 is 0 Å². The maximum Gasteiger partial charge on any atom is 0.231 e. The summed E-state index contributed by atoms with van der Waals surface area (Å²) in [5.74, 6) is -0.144. The molecule has 0 unspecified atom stereocenters. The van der Waals surface area contributed by atoms with Crippen LogP contribution in [0.5, 0.6) is 0 Å². The van der Waals surface area contributed by atoms with Gasteiger partial charge < -0.3 is 9.88 Å². The molecule has 1 aromatic carbocycles. The molecule has 25 heavy (non-hydrogen) atoms. The van der Waals surface area contributed by atoms with Gasteiger partial charge in [-0.05, 0) is 43.2 Å². The van der Waals surface area contributed by atoms with E-state index in [9.17, 15) is 4.79 Å². The Hall–Kier alpha value is -2.58. The number of nitrogens with one attached hydrogen (secondary N) is 1. The lowest BCUT2D eigenvalue weighted by atomic mass is 9.79. The average Bonchev–Trinajstić information content (AvgIpc) is 3.04. The maximum absolute atomic E-state index is 12.9. The Balaban J connectivity index is 1.77. The lowest BCUT2D eigenvalue weighted by Crippen LogP contribution is -2.47. The van der Waals surface area contributed by atoms with E-state index in [-0.39, 0.29) is 18.4 Å². The Morgan fingerprint density at radius 3 is 3.08 bits per heavy atom. The number of carbonyl (C=O) groups excluding carboxylic acids is 1. The van der Waals surface area contributed by atoms with Crippen molar-refractivity contribution in [2.45, 2.75) is 19.4 Å². The normalized spacial score (nSPS) is 22.2. The molecule has 1 aliphatic heterocycles. The molecule has 1 N–H and O–H groups in total. The van der Waals surface area contributed by atoms with Gasteiger partial charge in [-0.25, -0.2) is 0 Å². The molecule has 4 rings (SSSR count). The number of hydrogen-bond acceptors (Lipinski definition) is 3. The highest BCUT2D eigenvalue weighted by molar-refractivity contribution is 5.99. The monoisotopic (exact) mass is 334 g/mol. The molecule has 5 nitrogen and oxygen atoms in total. The Bertz CT molecular complexity index is 904. The number of benzene rings is 1. The molecule has 0 fully saturated rings. The topological polar surface area (TPSA) is 63.1 Å². The first-order chi connectivity index (χ1) is 12.1. The predicted molar refractivity (Wildman–Crippen MR) is 97.8 cm³/mol. The van der Waals surface area contributed by atoms with E-state index in [1.165, 1.54) is 22.1 Å². The second-order valence-electron chi connectivity index (χ2n) is 6.94. The Morgan fingerprint density at radius 2 is 2.32 bits per heavy atom. The maximum atomic E-state index is 12.9. The molecule has 0 saturated carbocycles. The van der Waals surface area contributed by atoms with Crippen molar-refractivity contribution in [2.24, 2.45) is 5.92 Å². The van der Waals surface area contributed by atoms with Crippen LogP contribution in [0.2, 0.25) is 0 Å². The van der Waals surface area contributed by atoms with E-state index in [1.54, 1.807) is 4.90 Å². The van der Waals surface area contributed by atoms with Crippen molar-refractivity contribution in [3.8, 4) is 6.07 Å². The predicted octanol–water partition coefficient (Wildman–Crippen LogP) is 2.41. The van der Waals surface area contributed by atoms with Gasteiger partial charge in [-0.2, -0.15) is 5.26 Å². The molecule has 0 radical (unpaired) electrons. The third kappa shape index (κ3) is 2.45. The lowest BCUT2D eigenvalue weighted by molar-refractivity contribution is -0.133. The van der Waals surface area contributed by atoms with E-state index in [1.807, 2.05) is 6.92 Å². The van der Waals surface area contributed by atoms with E-state index in [0.29, 0.717) is 19.1 Å². The Labute approximate surface area is 147 Å². The van der Waals surface area contributed by atoms with Crippen LogP contribution in [-0.4, -0.2) is 53.4 Å². The van der Waals surface area contributed by atoms with Gasteiger partial charge in [-0.3, -0.25) is 9.69 Å². The number of carbonyl (C=O) groups is 1. The average molecular weight is 334 g/mol. The number of aromatic nitrogens is 1. The van der Waals surface area contributed by atoms with Crippen LogP contribution in [-0.2, 0) is 11.2 Å². The fourth-order valence-corrected chi connectivity index (χ4v) is 4.27. The van der Waals surface area contributed by atoms with E-state index >= 15 is 0 Å². The standard InChI is InChI=1S/C20H22N4O/c1-3-24(8-7-21)20(25)14-9-16-15-5-4-6-17-19(15)13(11-22-17)10-18(16)23(2)12-14/h4-6,9,11,14,18,22H,3,8,10,12H2,1-2H3/t14-,18-/m1/s1. The highest BCUT2D eigenvalue weighted by Gasteiger charge is 2.36. The van der Waals surface area contributed by atoms with Crippen molar-refractivity contribution in [3.05, 3.63) is 41.6 Å². The Morgan fingerprint density at radius 1 is 1.48 bits per heavy atom. The summed E-state index contributed by atoms with van der Waals surface area (Å²) >= 11 is 0. The number of amides is 1. The van der Waals surface area contributed by atoms with E-state index < -0.39 is 0 Å². The summed E-state index contributed by atoms with van der Waals surface area (Å²) in [5.41, 5.74) is 4.99. The number of rotatable bonds is 3. The summed E-state index contributed by atoms with van der Waals surface area (Å²) in [4.78, 5) is 20.2. The molecule has 5 heteroatoms. The largest absolute Gasteiger partial charge is 0.361 e. The van der Waals surface area contributed by atoms with E-state index in [2.05, 4.69) is 53.5 Å². The van der Waals surface area contributed by atoms with Crippen molar-refractivity contribution >= 4 is 22.4 Å². The highest BCUT2D eigenvalue weighted by atomic mass is 16.2. The third-order valence-corrected chi connectivity index (χ3v) is 5.54. The van der Waals surface area contributed by atoms with Crippen LogP contribution in [0.4, 0.5) is 0 Å². The number of fused-ring (bicyclic) bond motifs is 2. The molecule has 2 aromatic rings. The van der Waals surface area contributed by atoms with Crippen molar-refractivity contribution in [1.82, 2.24) is 14.8 Å². The summed E-state index contributed by atoms with van der Waals surface area (Å²) in [7, 11) is 2.09. The van der Waals surface area contributed by atoms with Crippen molar-refractivity contribution in [2.75, 3.05) is 26.7 Å². The SMILES string of the molecule is CCN(CC#N)C(=O)[C@@H]1C=C2c3cccc4[nH]cc(c34)C[C@H]2N(C)C1. The smallest absolute Gasteiger partial charge is 0.231 e. The number of H-pyrrole nitrogens is 1. The van der Waals surface area contributed by atoms with Crippen LogP contribution in [0.3, 0.4) is 0 Å². The molecular formula is C20H22N4O. The molecule has 2 heterocycles. The van der Waals surface area contributed by atoms with Gasteiger partial charge in [0.1, 0.15) is 6.54 Å². The molecule has 0 saturated heterocycles. The highest BCUT2D eigenvalue weighted by Crippen LogP contribution is 2.40. The number of nitriles is 1. The molecule has 128 valence electrons. The minimum atomic E-state index is -0.194. The summed E-state index contributed by atoms with van der Waals surface area (Å²) in [6.45, 7) is 3.34. The van der Waals surface area contributed by atoms with E-state index in [4.69, 9.17) is 5.26 Å². The minimum absolute atomic E-state index is 0.0499. The zero-order valence-electron chi connectivity index (χ0n) is 14.6. The van der Waals surface area contributed by atoms with Gasteiger partial charge in [0.05, 0.1) is 12.0 Å². The summed E-state index contributed by atoms with van der Waals surface area (Å²) < 4.78 is 0. The van der Waals surface area contributed by atoms with Crippen LogP contribution in [0.1, 0.15) is 18.1 Å². The third-order valence-electron chi connectivity index (χ3n) is 5.54. The second kappa shape index (κ2) is 6.05. The molecule has 1 aliphatic carbocycles. The van der Waals surface area contributed by atoms with Gasteiger partial charge in [0.2, 0.25) is 5.91 Å². The second-order valence-corrected chi connectivity index (χ2v) is 6.94. The van der Waals surface area contributed by atoms with Crippen LogP contribution in [0.25, 0.3) is 16.5 Å². The first-order valence-electron chi connectivity index (χ1n) is 8.81. The van der Waals surface area contributed by atoms with E-state index in [0.717, 1.165) is 11.9 Å². The molecule has 2 aliphatic rings. The number of nitrogens with zero attached hydrogens (tertiary/aromatic N) is 3. The Kier molecular flexibility index (Phi) is 3.85. The fraction of sp³-hybridized carbons (Fsp3) is 0.400.